The van der Waals surface area contributed by atoms with Crippen molar-refractivity contribution in [2.45, 2.75) is 11.8 Å². The number of halogens is 1. The summed E-state index contributed by atoms with van der Waals surface area (Å²) in [7, 11) is 0. The number of fused-ring (bicyclic) bond motifs is 1. The van der Waals surface area contributed by atoms with Gasteiger partial charge in [0.05, 0.1) is 17.0 Å². The highest BCUT2D eigenvalue weighted by atomic mass is 35.5. The molecular weight excluding hydrogens is 370 g/mol. The average molecular weight is 386 g/mol. The SMILES string of the molecule is C/C(=N\NC(=O)CSc1cccc2cccnc12)c1cc(Cl)ccc1O. The van der Waals surface area contributed by atoms with Crippen LogP contribution in [0, 0.1) is 0 Å². The molecule has 0 aliphatic heterocycles. The second-order valence-electron chi connectivity index (χ2n) is 5.51. The number of aromatic nitrogens is 1. The number of nitrogens with one attached hydrogen (secondary N) is 1. The number of hydrazone groups is 1. The molecule has 0 aliphatic rings. The molecule has 132 valence electrons. The maximum atomic E-state index is 12.1. The van der Waals surface area contributed by atoms with E-state index in [-0.39, 0.29) is 17.4 Å². The van der Waals surface area contributed by atoms with Gasteiger partial charge in [-0.2, -0.15) is 5.10 Å². The van der Waals surface area contributed by atoms with Crippen LogP contribution < -0.4 is 5.43 Å². The molecule has 1 aromatic heterocycles. The number of hydrogen-bond acceptors (Lipinski definition) is 5. The Morgan fingerprint density at radius 3 is 2.92 bits per heavy atom. The molecule has 0 saturated carbocycles. The molecule has 0 fully saturated rings. The van der Waals surface area contributed by atoms with Crippen LogP contribution >= 0.6 is 23.4 Å². The third-order valence-electron chi connectivity index (χ3n) is 3.65. The molecule has 0 radical (unpaired) electrons. The third-order valence-corrected chi connectivity index (χ3v) is 4.93. The fourth-order valence-electron chi connectivity index (χ4n) is 2.37. The number of carbonyl (C=O) groups excluding carboxylic acids is 1. The van der Waals surface area contributed by atoms with E-state index in [9.17, 15) is 9.90 Å². The second kappa shape index (κ2) is 8.21. The van der Waals surface area contributed by atoms with E-state index in [1.165, 1.54) is 17.8 Å². The maximum absolute atomic E-state index is 12.1. The van der Waals surface area contributed by atoms with E-state index in [4.69, 9.17) is 11.6 Å². The topological polar surface area (TPSA) is 74.6 Å². The molecule has 0 spiro atoms. The third kappa shape index (κ3) is 4.33. The quantitative estimate of drug-likeness (QED) is 0.391. The van der Waals surface area contributed by atoms with E-state index >= 15 is 0 Å². The highest BCUT2D eigenvalue weighted by molar-refractivity contribution is 8.00. The molecule has 1 amide bonds. The molecule has 5 nitrogen and oxygen atoms in total. The Balaban J connectivity index is 1.64. The number of benzene rings is 2. The van der Waals surface area contributed by atoms with E-state index in [2.05, 4.69) is 15.5 Å². The molecule has 26 heavy (non-hydrogen) atoms. The van der Waals surface area contributed by atoms with Crippen LogP contribution in [0.4, 0.5) is 0 Å². The minimum Gasteiger partial charge on any atom is -0.507 e. The standard InChI is InChI=1S/C19H16ClN3O2S/c1-12(15-10-14(20)7-8-16(15)24)22-23-18(25)11-26-17-6-2-4-13-5-3-9-21-19(13)17/h2-10,24H,11H2,1H3,(H,23,25)/b22-12+. The molecule has 0 bridgehead atoms. The van der Waals surface area contributed by atoms with Crippen LogP contribution in [-0.4, -0.2) is 27.5 Å². The Kier molecular flexibility index (Phi) is 5.75. The van der Waals surface area contributed by atoms with Crippen molar-refractivity contribution in [3.05, 3.63) is 65.3 Å². The monoisotopic (exact) mass is 385 g/mol. The normalized spacial score (nSPS) is 11.5. The minimum absolute atomic E-state index is 0.0566. The Bertz CT molecular complexity index is 986. The van der Waals surface area contributed by atoms with E-state index in [0.29, 0.717) is 16.3 Å². The van der Waals surface area contributed by atoms with Crippen LogP contribution in [0.2, 0.25) is 5.02 Å². The van der Waals surface area contributed by atoms with Crippen molar-refractivity contribution in [2.75, 3.05) is 5.75 Å². The molecule has 1 heterocycles. The van der Waals surface area contributed by atoms with Crippen LogP contribution in [0.25, 0.3) is 10.9 Å². The molecule has 2 N–H and O–H groups in total. The zero-order valence-corrected chi connectivity index (χ0v) is 15.5. The van der Waals surface area contributed by atoms with Crippen molar-refractivity contribution in [3.8, 4) is 5.75 Å². The first-order chi connectivity index (χ1) is 12.5. The van der Waals surface area contributed by atoms with Gasteiger partial charge in [0, 0.05) is 27.1 Å². The van der Waals surface area contributed by atoms with Gasteiger partial charge in [-0.3, -0.25) is 9.78 Å². The predicted molar refractivity (Wildman–Crippen MR) is 106 cm³/mol. The summed E-state index contributed by atoms with van der Waals surface area (Å²) >= 11 is 7.32. The Labute approximate surface area is 160 Å². The van der Waals surface area contributed by atoms with Crippen LogP contribution in [0.5, 0.6) is 5.75 Å². The summed E-state index contributed by atoms with van der Waals surface area (Å²) in [5.41, 5.74) is 4.31. The smallest absolute Gasteiger partial charge is 0.250 e. The van der Waals surface area contributed by atoms with Gasteiger partial charge in [0.25, 0.3) is 0 Å². The van der Waals surface area contributed by atoms with Gasteiger partial charge in [-0.25, -0.2) is 5.43 Å². The van der Waals surface area contributed by atoms with Gasteiger partial charge in [0.1, 0.15) is 5.75 Å². The Morgan fingerprint density at radius 2 is 2.08 bits per heavy atom. The first kappa shape index (κ1) is 18.2. The Morgan fingerprint density at radius 1 is 1.27 bits per heavy atom. The molecule has 0 aliphatic carbocycles. The number of pyridine rings is 1. The lowest BCUT2D eigenvalue weighted by Crippen LogP contribution is -2.21. The second-order valence-corrected chi connectivity index (χ2v) is 6.97. The molecule has 7 heteroatoms. The predicted octanol–water partition coefficient (Wildman–Crippen LogP) is 4.23. The number of phenols is 1. The summed E-state index contributed by atoms with van der Waals surface area (Å²) in [6, 6.07) is 14.4. The lowest BCUT2D eigenvalue weighted by Gasteiger charge is -2.06. The van der Waals surface area contributed by atoms with Crippen LogP contribution in [0.1, 0.15) is 12.5 Å². The number of hydrogen-bond donors (Lipinski definition) is 2. The van der Waals surface area contributed by atoms with Gasteiger partial charge in [0.15, 0.2) is 0 Å². The van der Waals surface area contributed by atoms with Crippen LogP contribution in [0.3, 0.4) is 0 Å². The number of carbonyl (C=O) groups is 1. The zero-order valence-electron chi connectivity index (χ0n) is 13.9. The molecule has 0 unspecified atom stereocenters. The van der Waals surface area contributed by atoms with E-state index in [0.717, 1.165) is 15.8 Å². The van der Waals surface area contributed by atoms with Crippen LogP contribution in [0.15, 0.2) is 64.7 Å². The number of thioether (sulfide) groups is 1. The Hall–Kier alpha value is -2.57. The highest BCUT2D eigenvalue weighted by Crippen LogP contribution is 2.26. The minimum atomic E-state index is -0.246. The highest BCUT2D eigenvalue weighted by Gasteiger charge is 2.08. The van der Waals surface area contributed by atoms with Gasteiger partial charge < -0.3 is 5.11 Å². The van der Waals surface area contributed by atoms with Gasteiger partial charge in [-0.15, -0.1) is 11.8 Å². The van der Waals surface area contributed by atoms with Crippen molar-refractivity contribution < 1.29 is 9.90 Å². The van der Waals surface area contributed by atoms with Gasteiger partial charge in [0.2, 0.25) is 5.91 Å². The number of nitrogens with zero attached hydrogens (tertiary/aromatic N) is 2. The van der Waals surface area contributed by atoms with Crippen molar-refractivity contribution >= 4 is 45.9 Å². The summed E-state index contributed by atoms with van der Waals surface area (Å²) < 4.78 is 0. The molecule has 3 rings (SSSR count). The van der Waals surface area contributed by atoms with Gasteiger partial charge >= 0.3 is 0 Å². The van der Waals surface area contributed by atoms with Crippen molar-refractivity contribution in [1.29, 1.82) is 0 Å². The average Bonchev–Trinajstić information content (AvgIpc) is 2.66. The summed E-state index contributed by atoms with van der Waals surface area (Å²) in [5, 5.41) is 15.4. The van der Waals surface area contributed by atoms with Gasteiger partial charge in [-0.05, 0) is 37.3 Å². The lowest BCUT2D eigenvalue weighted by atomic mass is 10.1. The zero-order chi connectivity index (χ0) is 18.5. The van der Waals surface area contributed by atoms with E-state index in [1.807, 2.05) is 30.3 Å². The largest absolute Gasteiger partial charge is 0.507 e. The number of para-hydroxylation sites is 1. The van der Waals surface area contributed by atoms with Gasteiger partial charge in [-0.1, -0.05) is 29.8 Å². The van der Waals surface area contributed by atoms with Crippen LogP contribution in [-0.2, 0) is 4.79 Å². The van der Waals surface area contributed by atoms with E-state index < -0.39 is 0 Å². The molecule has 0 atom stereocenters. The molecular formula is C19H16ClN3O2S. The summed E-state index contributed by atoms with van der Waals surface area (Å²) in [6.45, 7) is 1.69. The maximum Gasteiger partial charge on any atom is 0.250 e. The lowest BCUT2D eigenvalue weighted by molar-refractivity contribution is -0.118. The van der Waals surface area contributed by atoms with Crippen molar-refractivity contribution in [2.24, 2.45) is 5.10 Å². The number of phenolic OH excluding ortho intramolecular Hbond substituents is 1. The fourth-order valence-corrected chi connectivity index (χ4v) is 3.38. The fraction of sp³-hybridized carbons (Fsp3) is 0.105. The number of rotatable bonds is 5. The molecule has 2 aromatic carbocycles. The number of amides is 1. The number of aromatic hydroxyl groups is 1. The summed E-state index contributed by atoms with van der Waals surface area (Å²) in [6.07, 6.45) is 1.73. The summed E-state index contributed by atoms with van der Waals surface area (Å²) in [4.78, 5) is 17.4. The van der Waals surface area contributed by atoms with E-state index in [1.54, 1.807) is 25.3 Å². The molecule has 0 saturated heterocycles. The molecule has 3 aromatic rings. The summed E-state index contributed by atoms with van der Waals surface area (Å²) in [5.74, 6) is 0.0125. The van der Waals surface area contributed by atoms with Crippen molar-refractivity contribution in [3.63, 3.8) is 0 Å². The van der Waals surface area contributed by atoms with Crippen molar-refractivity contribution in [1.82, 2.24) is 10.4 Å². The first-order valence-corrected chi connectivity index (χ1v) is 9.19. The first-order valence-electron chi connectivity index (χ1n) is 7.83.